The lowest BCUT2D eigenvalue weighted by molar-refractivity contribution is 0.0451. The number of nitrogens with zero attached hydrogens (tertiary/aromatic N) is 3. The summed E-state index contributed by atoms with van der Waals surface area (Å²) in [5.41, 5.74) is 2.90. The number of ether oxygens (including phenoxy) is 2. The zero-order valence-corrected chi connectivity index (χ0v) is 19.0. The molecule has 6 heteroatoms. The van der Waals surface area contributed by atoms with Crippen molar-refractivity contribution in [3.63, 3.8) is 0 Å². The number of aryl methyl sites for hydroxylation is 1. The van der Waals surface area contributed by atoms with E-state index < -0.39 is 0 Å². The average molecular weight is 436 g/mol. The summed E-state index contributed by atoms with van der Waals surface area (Å²) < 4.78 is 14.2. The van der Waals surface area contributed by atoms with Gasteiger partial charge in [0.25, 0.3) is 0 Å². The van der Waals surface area contributed by atoms with Gasteiger partial charge in [-0.05, 0) is 50.5 Å². The number of para-hydroxylation sites is 2. The third kappa shape index (κ3) is 5.57. The minimum Gasteiger partial charge on any atom is -0.439 e. The molecule has 0 amide bonds. The molecule has 0 spiro atoms. The topological polar surface area (TPSA) is 59.8 Å². The third-order valence-electron chi connectivity index (χ3n) is 5.90. The van der Waals surface area contributed by atoms with E-state index in [1.807, 2.05) is 79.2 Å². The molecule has 2 heterocycles. The summed E-state index contributed by atoms with van der Waals surface area (Å²) in [6, 6.07) is 19.9. The summed E-state index contributed by atoms with van der Waals surface area (Å²) >= 11 is 0. The van der Waals surface area contributed by atoms with Crippen molar-refractivity contribution < 1.29 is 14.6 Å². The summed E-state index contributed by atoms with van der Waals surface area (Å²) in [6.45, 7) is 6.87. The molecule has 0 saturated carbocycles. The third-order valence-corrected chi connectivity index (χ3v) is 5.90. The van der Waals surface area contributed by atoms with Gasteiger partial charge >= 0.3 is 0 Å². The van der Waals surface area contributed by atoms with Crippen LogP contribution >= 0.6 is 0 Å². The molecule has 1 fully saturated rings. The van der Waals surface area contributed by atoms with Gasteiger partial charge in [0.1, 0.15) is 5.75 Å². The van der Waals surface area contributed by atoms with Gasteiger partial charge in [-0.25, -0.2) is 4.68 Å². The number of aromatic nitrogens is 2. The Morgan fingerprint density at radius 3 is 2.53 bits per heavy atom. The van der Waals surface area contributed by atoms with Crippen LogP contribution in [0.4, 0.5) is 0 Å². The highest BCUT2D eigenvalue weighted by Gasteiger charge is 2.25. The van der Waals surface area contributed by atoms with Gasteiger partial charge in [-0.3, -0.25) is 4.90 Å². The van der Waals surface area contributed by atoms with Crippen LogP contribution in [-0.2, 0) is 11.3 Å². The summed E-state index contributed by atoms with van der Waals surface area (Å²) in [5.74, 6) is 1.48. The van der Waals surface area contributed by atoms with Gasteiger partial charge in [0.05, 0.1) is 29.2 Å². The number of rotatable bonds is 10. The Morgan fingerprint density at radius 2 is 1.88 bits per heavy atom. The molecule has 1 aliphatic heterocycles. The van der Waals surface area contributed by atoms with Crippen molar-refractivity contribution in [2.75, 3.05) is 19.7 Å². The van der Waals surface area contributed by atoms with Gasteiger partial charge in [0.15, 0.2) is 0 Å². The van der Waals surface area contributed by atoms with Crippen LogP contribution in [0.5, 0.6) is 11.6 Å². The Labute approximate surface area is 190 Å². The second-order valence-electron chi connectivity index (χ2n) is 8.42. The first-order valence-corrected chi connectivity index (χ1v) is 11.5. The summed E-state index contributed by atoms with van der Waals surface area (Å²) in [7, 11) is 0. The van der Waals surface area contributed by atoms with Gasteiger partial charge in [0.2, 0.25) is 5.88 Å². The lowest BCUT2D eigenvalue weighted by Crippen LogP contribution is -2.37. The van der Waals surface area contributed by atoms with Crippen molar-refractivity contribution in [2.24, 2.45) is 0 Å². The van der Waals surface area contributed by atoms with E-state index in [9.17, 15) is 5.11 Å². The fourth-order valence-corrected chi connectivity index (χ4v) is 4.10. The minimum absolute atomic E-state index is 0.210. The van der Waals surface area contributed by atoms with E-state index in [1.54, 1.807) is 0 Å². The first kappa shape index (κ1) is 22.5. The fraction of sp³-hybridized carbons (Fsp3) is 0.423. The van der Waals surface area contributed by atoms with Crippen molar-refractivity contribution in [3.8, 4) is 17.3 Å². The predicted molar refractivity (Wildman–Crippen MR) is 125 cm³/mol. The van der Waals surface area contributed by atoms with Crippen LogP contribution in [0.25, 0.3) is 5.69 Å². The van der Waals surface area contributed by atoms with Gasteiger partial charge in [-0.15, -0.1) is 0 Å². The molecule has 4 rings (SSSR count). The highest BCUT2D eigenvalue weighted by molar-refractivity contribution is 5.43. The molecular weight excluding hydrogens is 402 g/mol. The van der Waals surface area contributed by atoms with E-state index in [0.29, 0.717) is 19.0 Å². The highest BCUT2D eigenvalue weighted by atomic mass is 16.5. The molecular formula is C26H33N3O3. The number of aliphatic hydroxyl groups is 1. The molecule has 1 saturated heterocycles. The Kier molecular flexibility index (Phi) is 7.58. The Bertz CT molecular complexity index is 969. The van der Waals surface area contributed by atoms with Gasteiger partial charge in [0, 0.05) is 26.2 Å². The van der Waals surface area contributed by atoms with Gasteiger partial charge in [-0.2, -0.15) is 5.10 Å². The fourth-order valence-electron chi connectivity index (χ4n) is 4.10. The number of aliphatic hydroxyl groups excluding tert-OH is 1. The smallest absolute Gasteiger partial charge is 0.227 e. The molecule has 0 radical (unpaired) electrons. The van der Waals surface area contributed by atoms with Crippen LogP contribution in [-0.4, -0.2) is 51.7 Å². The lowest BCUT2D eigenvalue weighted by Gasteiger charge is -2.27. The zero-order chi connectivity index (χ0) is 22.3. The maximum absolute atomic E-state index is 10.4. The van der Waals surface area contributed by atoms with Crippen LogP contribution in [0.15, 0.2) is 60.7 Å². The van der Waals surface area contributed by atoms with Crippen LogP contribution < -0.4 is 4.74 Å². The van der Waals surface area contributed by atoms with Crippen LogP contribution in [0.1, 0.15) is 37.4 Å². The molecule has 3 aromatic rings. The first-order chi connectivity index (χ1) is 15.6. The molecule has 1 N–H and O–H groups in total. The van der Waals surface area contributed by atoms with Gasteiger partial charge in [-0.1, -0.05) is 43.3 Å². The highest BCUT2D eigenvalue weighted by Crippen LogP contribution is 2.32. The minimum atomic E-state index is -0.376. The molecule has 2 aromatic carbocycles. The molecule has 0 aliphatic carbocycles. The molecule has 1 aromatic heterocycles. The van der Waals surface area contributed by atoms with E-state index in [2.05, 4.69) is 4.90 Å². The standard InChI is InChI=1S/C26H33N3O3/c1-3-22(30)17-28(18-24-15-10-16-31-24)19-25-20(2)27-29(21-11-6-4-7-12-21)26(25)32-23-13-8-5-9-14-23/h4-9,11-14,22,24,30H,3,10,15-19H2,1-2H3/t22-,24+/m1/s1. The molecule has 0 bridgehead atoms. The Balaban J connectivity index is 1.68. The lowest BCUT2D eigenvalue weighted by atomic mass is 10.1. The molecule has 1 aliphatic rings. The van der Waals surface area contributed by atoms with Crippen molar-refractivity contribution >= 4 is 0 Å². The predicted octanol–water partition coefficient (Wildman–Crippen LogP) is 4.72. The van der Waals surface area contributed by atoms with Crippen molar-refractivity contribution in [1.29, 1.82) is 0 Å². The normalized spacial score (nSPS) is 17.1. The second kappa shape index (κ2) is 10.8. The Morgan fingerprint density at radius 1 is 1.16 bits per heavy atom. The number of benzene rings is 2. The van der Waals surface area contributed by atoms with E-state index in [4.69, 9.17) is 14.6 Å². The van der Waals surface area contributed by atoms with E-state index in [0.717, 1.165) is 55.1 Å². The van der Waals surface area contributed by atoms with Crippen molar-refractivity contribution in [3.05, 3.63) is 71.9 Å². The van der Waals surface area contributed by atoms with Crippen LogP contribution in [0, 0.1) is 6.92 Å². The zero-order valence-electron chi connectivity index (χ0n) is 19.0. The molecule has 170 valence electrons. The van der Waals surface area contributed by atoms with E-state index in [1.165, 1.54) is 0 Å². The van der Waals surface area contributed by atoms with E-state index in [-0.39, 0.29) is 12.2 Å². The molecule has 6 nitrogen and oxygen atoms in total. The second-order valence-corrected chi connectivity index (χ2v) is 8.42. The largest absolute Gasteiger partial charge is 0.439 e. The van der Waals surface area contributed by atoms with Gasteiger partial charge < -0.3 is 14.6 Å². The summed E-state index contributed by atoms with van der Waals surface area (Å²) in [5, 5.41) is 15.2. The maximum atomic E-state index is 10.4. The average Bonchev–Trinajstić information content (AvgIpc) is 3.44. The monoisotopic (exact) mass is 435 g/mol. The SMILES string of the molecule is CC[C@@H](O)CN(Cc1c(C)nn(-c2ccccc2)c1Oc1ccccc1)C[C@@H]1CCCO1. The van der Waals surface area contributed by atoms with Crippen molar-refractivity contribution in [1.82, 2.24) is 14.7 Å². The van der Waals surface area contributed by atoms with Crippen molar-refractivity contribution in [2.45, 2.75) is 51.9 Å². The van der Waals surface area contributed by atoms with E-state index >= 15 is 0 Å². The molecule has 2 atom stereocenters. The quantitative estimate of drug-likeness (QED) is 0.499. The van der Waals surface area contributed by atoms with Crippen LogP contribution in [0.3, 0.4) is 0 Å². The number of hydrogen-bond acceptors (Lipinski definition) is 5. The molecule has 0 unspecified atom stereocenters. The summed E-state index contributed by atoms with van der Waals surface area (Å²) in [6.07, 6.45) is 2.72. The van der Waals surface area contributed by atoms with Crippen LogP contribution in [0.2, 0.25) is 0 Å². The number of hydrogen-bond donors (Lipinski definition) is 1. The Hall–Kier alpha value is -2.67. The first-order valence-electron chi connectivity index (χ1n) is 11.5. The molecule has 32 heavy (non-hydrogen) atoms. The summed E-state index contributed by atoms with van der Waals surface area (Å²) in [4.78, 5) is 2.28. The maximum Gasteiger partial charge on any atom is 0.227 e.